The van der Waals surface area contributed by atoms with Gasteiger partial charge in [0.25, 0.3) is 0 Å². The van der Waals surface area contributed by atoms with E-state index in [0.717, 1.165) is 18.5 Å². The summed E-state index contributed by atoms with van der Waals surface area (Å²) in [6, 6.07) is 18.4. The van der Waals surface area contributed by atoms with Gasteiger partial charge in [0.05, 0.1) is 12.3 Å². The second-order valence-electron chi connectivity index (χ2n) is 6.09. The van der Waals surface area contributed by atoms with Gasteiger partial charge in [-0.15, -0.1) is 0 Å². The monoisotopic (exact) mass is 365 g/mol. The van der Waals surface area contributed by atoms with Crippen LogP contribution < -0.4 is 15.5 Å². The van der Waals surface area contributed by atoms with E-state index in [0.29, 0.717) is 18.2 Å². The van der Waals surface area contributed by atoms with E-state index >= 15 is 0 Å². The lowest BCUT2D eigenvalue weighted by Gasteiger charge is -2.28. The van der Waals surface area contributed by atoms with E-state index in [-0.39, 0.29) is 5.84 Å². The Labute approximate surface area is 158 Å². The molecule has 27 heavy (non-hydrogen) atoms. The molecule has 0 aliphatic carbocycles. The van der Waals surface area contributed by atoms with Crippen molar-refractivity contribution in [3.05, 3.63) is 72.6 Å². The van der Waals surface area contributed by atoms with Crippen LogP contribution in [0.1, 0.15) is 19.8 Å². The number of unbranched alkanes of at least 4 members (excludes halogenated alkanes) is 1. The minimum absolute atomic E-state index is 0.155. The summed E-state index contributed by atoms with van der Waals surface area (Å²) >= 11 is 0. The van der Waals surface area contributed by atoms with Crippen molar-refractivity contribution >= 4 is 17.5 Å². The number of rotatable bonds is 7. The number of anilines is 1. The maximum Gasteiger partial charge on any atom is 0.326 e. The summed E-state index contributed by atoms with van der Waals surface area (Å²) in [5, 5.41) is 6.00. The Bertz CT molecular complexity index is 819. The van der Waals surface area contributed by atoms with E-state index in [1.807, 2.05) is 36.4 Å². The molecule has 0 radical (unpaired) electrons. The zero-order valence-corrected chi connectivity index (χ0v) is 15.2. The summed E-state index contributed by atoms with van der Waals surface area (Å²) in [7, 11) is 0. The molecule has 3 rings (SSSR count). The van der Waals surface area contributed by atoms with Gasteiger partial charge in [-0.3, -0.25) is 4.79 Å². The number of nitrogens with zero attached hydrogens (tertiary/aromatic N) is 2. The van der Waals surface area contributed by atoms with Gasteiger partial charge >= 0.3 is 5.97 Å². The standard InChI is InChI=1S/C21H23N3O3/c1-2-3-14-26-19-15-18(21(25)27-17-12-8-5-9-13-17)20(22)23-24(19)16-10-6-4-7-11-16/h4-13,15,18H,2-3,14H2,1H3,(H2,22,23). The van der Waals surface area contributed by atoms with E-state index < -0.39 is 11.9 Å². The molecule has 1 atom stereocenters. The fourth-order valence-corrected chi connectivity index (χ4v) is 2.57. The molecular weight excluding hydrogens is 342 g/mol. The fraction of sp³-hybridized carbons (Fsp3) is 0.238. The number of amidine groups is 1. The predicted octanol–water partition coefficient (Wildman–Crippen LogP) is 3.66. The third-order valence-corrected chi connectivity index (χ3v) is 4.02. The van der Waals surface area contributed by atoms with Crippen LogP contribution in [-0.4, -0.2) is 18.4 Å². The highest BCUT2D eigenvalue weighted by Crippen LogP contribution is 2.26. The van der Waals surface area contributed by atoms with Crippen molar-refractivity contribution in [2.75, 3.05) is 11.6 Å². The lowest BCUT2D eigenvalue weighted by Crippen LogP contribution is -2.39. The highest BCUT2D eigenvalue weighted by molar-refractivity contribution is 6.03. The van der Waals surface area contributed by atoms with Gasteiger partial charge in [0.2, 0.25) is 5.88 Å². The molecule has 6 heteroatoms. The van der Waals surface area contributed by atoms with Crippen LogP contribution in [0.5, 0.6) is 5.75 Å². The molecule has 0 saturated carbocycles. The first-order valence-electron chi connectivity index (χ1n) is 8.99. The topological polar surface area (TPSA) is 77.1 Å². The summed E-state index contributed by atoms with van der Waals surface area (Å²) in [4.78, 5) is 12.6. The summed E-state index contributed by atoms with van der Waals surface area (Å²) in [5.74, 6) is -0.210. The van der Waals surface area contributed by atoms with Gasteiger partial charge in [0, 0.05) is 0 Å². The number of para-hydroxylation sites is 2. The van der Waals surface area contributed by atoms with Crippen LogP contribution in [0.3, 0.4) is 0 Å². The summed E-state index contributed by atoms with van der Waals surface area (Å²) < 4.78 is 11.3. The van der Waals surface area contributed by atoms with Gasteiger partial charge in [-0.2, -0.15) is 10.1 Å². The number of carbonyl (C=O) groups excluding carboxylic acids is 1. The second kappa shape index (κ2) is 8.89. The maximum absolute atomic E-state index is 12.6. The third-order valence-electron chi connectivity index (χ3n) is 4.02. The Kier molecular flexibility index (Phi) is 6.10. The fourth-order valence-electron chi connectivity index (χ4n) is 2.57. The first kappa shape index (κ1) is 18.5. The van der Waals surface area contributed by atoms with Crippen molar-refractivity contribution in [2.24, 2.45) is 16.8 Å². The molecule has 2 aromatic carbocycles. The second-order valence-corrected chi connectivity index (χ2v) is 6.09. The number of hydrazone groups is 1. The van der Waals surface area contributed by atoms with Crippen LogP contribution in [0.4, 0.5) is 5.69 Å². The Morgan fingerprint density at radius 3 is 2.44 bits per heavy atom. The highest BCUT2D eigenvalue weighted by atomic mass is 16.5. The smallest absolute Gasteiger partial charge is 0.326 e. The molecule has 0 spiro atoms. The van der Waals surface area contributed by atoms with Gasteiger partial charge in [-0.1, -0.05) is 49.7 Å². The Balaban J connectivity index is 1.83. The van der Waals surface area contributed by atoms with Gasteiger partial charge < -0.3 is 15.2 Å². The molecule has 1 heterocycles. The van der Waals surface area contributed by atoms with Crippen molar-refractivity contribution in [3.63, 3.8) is 0 Å². The summed E-state index contributed by atoms with van der Waals surface area (Å²) in [6.07, 6.45) is 3.57. The first-order valence-corrected chi connectivity index (χ1v) is 8.99. The lowest BCUT2D eigenvalue weighted by atomic mass is 10.1. The number of nitrogens with two attached hydrogens (primary N) is 1. The van der Waals surface area contributed by atoms with Gasteiger partial charge in [0.15, 0.2) is 0 Å². The quantitative estimate of drug-likeness (QED) is 0.460. The van der Waals surface area contributed by atoms with Gasteiger partial charge in [0.1, 0.15) is 17.5 Å². The highest BCUT2D eigenvalue weighted by Gasteiger charge is 2.31. The molecule has 2 N–H and O–H groups in total. The zero-order valence-electron chi connectivity index (χ0n) is 15.2. The summed E-state index contributed by atoms with van der Waals surface area (Å²) in [5.41, 5.74) is 6.89. The number of benzene rings is 2. The SMILES string of the molecule is CCCCOC1=CC(C(=O)Oc2ccccc2)C(N)=NN1c1ccccc1. The van der Waals surface area contributed by atoms with Crippen molar-refractivity contribution in [3.8, 4) is 5.75 Å². The van der Waals surface area contributed by atoms with Crippen LogP contribution in [0.25, 0.3) is 0 Å². The van der Waals surface area contributed by atoms with Crippen molar-refractivity contribution < 1.29 is 14.3 Å². The number of ether oxygens (including phenoxy) is 2. The van der Waals surface area contributed by atoms with Crippen LogP contribution in [0.15, 0.2) is 77.7 Å². The van der Waals surface area contributed by atoms with E-state index in [1.54, 1.807) is 35.4 Å². The van der Waals surface area contributed by atoms with E-state index in [4.69, 9.17) is 15.2 Å². The predicted molar refractivity (Wildman–Crippen MR) is 105 cm³/mol. The normalized spacial score (nSPS) is 16.3. The van der Waals surface area contributed by atoms with E-state index in [1.165, 1.54) is 0 Å². The number of hydrogen-bond donors (Lipinski definition) is 1. The van der Waals surface area contributed by atoms with Crippen LogP contribution in [0, 0.1) is 5.92 Å². The average Bonchev–Trinajstić information content (AvgIpc) is 2.70. The van der Waals surface area contributed by atoms with Crippen molar-refractivity contribution in [1.82, 2.24) is 0 Å². The average molecular weight is 365 g/mol. The lowest BCUT2D eigenvalue weighted by molar-refractivity contribution is -0.135. The molecule has 0 bridgehead atoms. The molecular formula is C21H23N3O3. The van der Waals surface area contributed by atoms with Gasteiger partial charge in [-0.05, 0) is 36.8 Å². The van der Waals surface area contributed by atoms with Crippen molar-refractivity contribution in [2.45, 2.75) is 19.8 Å². The van der Waals surface area contributed by atoms with Gasteiger partial charge in [-0.25, -0.2) is 0 Å². The molecule has 1 aliphatic heterocycles. The van der Waals surface area contributed by atoms with E-state index in [9.17, 15) is 4.79 Å². The largest absolute Gasteiger partial charge is 0.478 e. The van der Waals surface area contributed by atoms with Crippen LogP contribution in [-0.2, 0) is 9.53 Å². The molecule has 0 fully saturated rings. The minimum Gasteiger partial charge on any atom is -0.478 e. The molecule has 0 amide bonds. The Morgan fingerprint density at radius 1 is 1.11 bits per heavy atom. The zero-order chi connectivity index (χ0) is 19.1. The third kappa shape index (κ3) is 4.67. The number of hydrogen-bond acceptors (Lipinski definition) is 6. The molecule has 0 aromatic heterocycles. The van der Waals surface area contributed by atoms with E-state index in [2.05, 4.69) is 12.0 Å². The molecule has 140 valence electrons. The maximum atomic E-state index is 12.6. The minimum atomic E-state index is -0.804. The first-order chi connectivity index (χ1) is 13.2. The number of esters is 1. The molecule has 2 aromatic rings. The molecule has 1 aliphatic rings. The summed E-state index contributed by atoms with van der Waals surface area (Å²) in [6.45, 7) is 2.62. The van der Waals surface area contributed by atoms with Crippen molar-refractivity contribution in [1.29, 1.82) is 0 Å². The Hall–Kier alpha value is -3.28. The molecule has 6 nitrogen and oxygen atoms in total. The van der Waals surface area contributed by atoms with Crippen LogP contribution >= 0.6 is 0 Å². The Morgan fingerprint density at radius 2 is 1.78 bits per heavy atom. The molecule has 1 unspecified atom stereocenters. The van der Waals surface area contributed by atoms with Crippen LogP contribution in [0.2, 0.25) is 0 Å². The molecule has 0 saturated heterocycles. The number of carbonyl (C=O) groups is 1.